The van der Waals surface area contributed by atoms with Crippen LogP contribution < -0.4 is 10.2 Å². The molecule has 3 heteroatoms. The predicted octanol–water partition coefficient (Wildman–Crippen LogP) is 3.20. The zero-order valence-corrected chi connectivity index (χ0v) is 11.2. The van der Waals surface area contributed by atoms with Crippen molar-refractivity contribution in [2.45, 2.75) is 6.54 Å². The van der Waals surface area contributed by atoms with Gasteiger partial charge in [-0.3, -0.25) is 0 Å². The molecular weight excluding hydrogens is 240 g/mol. The Labute approximate surface area is 113 Å². The van der Waals surface area contributed by atoms with Gasteiger partial charge in [0.15, 0.2) is 5.11 Å². The first kappa shape index (κ1) is 12.6. The quantitative estimate of drug-likeness (QED) is 0.849. The fourth-order valence-corrected chi connectivity index (χ4v) is 1.96. The minimum Gasteiger partial charge on any atom is -0.365 e. The van der Waals surface area contributed by atoms with Gasteiger partial charge in [-0.25, -0.2) is 0 Å². The number of hydrogen-bond acceptors (Lipinski definition) is 1. The molecule has 2 aromatic rings. The summed E-state index contributed by atoms with van der Waals surface area (Å²) >= 11 is 5.37. The summed E-state index contributed by atoms with van der Waals surface area (Å²) in [4.78, 5) is 2.09. The van der Waals surface area contributed by atoms with Crippen molar-refractivity contribution in [2.75, 3.05) is 11.9 Å². The highest BCUT2D eigenvalue weighted by atomic mass is 32.1. The van der Waals surface area contributed by atoms with Gasteiger partial charge < -0.3 is 10.2 Å². The number of hydrogen-bond donors (Lipinski definition) is 1. The number of benzene rings is 2. The number of rotatable bonds is 3. The molecule has 0 heterocycles. The van der Waals surface area contributed by atoms with Crippen molar-refractivity contribution in [1.82, 2.24) is 5.32 Å². The van der Waals surface area contributed by atoms with E-state index in [1.54, 1.807) is 0 Å². The lowest BCUT2D eigenvalue weighted by Gasteiger charge is -2.25. The van der Waals surface area contributed by atoms with E-state index < -0.39 is 0 Å². The van der Waals surface area contributed by atoms with E-state index in [2.05, 4.69) is 34.5 Å². The number of nitrogens with one attached hydrogen (secondary N) is 1. The Morgan fingerprint density at radius 1 is 1.00 bits per heavy atom. The van der Waals surface area contributed by atoms with Gasteiger partial charge in [0.25, 0.3) is 0 Å². The van der Waals surface area contributed by atoms with Gasteiger partial charge in [-0.15, -0.1) is 0 Å². The Bertz CT molecular complexity index is 496. The van der Waals surface area contributed by atoms with Crippen LogP contribution >= 0.6 is 12.2 Å². The van der Waals surface area contributed by atoms with E-state index in [1.165, 1.54) is 5.56 Å². The molecule has 92 valence electrons. The van der Waals surface area contributed by atoms with Crippen molar-refractivity contribution in [1.29, 1.82) is 0 Å². The van der Waals surface area contributed by atoms with Gasteiger partial charge in [0.1, 0.15) is 0 Å². The molecule has 0 aliphatic carbocycles. The highest BCUT2D eigenvalue weighted by Gasteiger charge is 2.10. The molecule has 2 rings (SSSR count). The molecule has 0 atom stereocenters. The van der Waals surface area contributed by atoms with Crippen LogP contribution in [0.3, 0.4) is 0 Å². The van der Waals surface area contributed by atoms with Crippen molar-refractivity contribution < 1.29 is 0 Å². The van der Waals surface area contributed by atoms with E-state index in [-0.39, 0.29) is 0 Å². The minimum absolute atomic E-state index is 0.727. The molecule has 0 amide bonds. The summed E-state index contributed by atoms with van der Waals surface area (Å²) in [6.45, 7) is 0.768. The Hall–Kier alpha value is -1.87. The number of thiocarbonyl (C=S) groups is 1. The normalized spacial score (nSPS) is 9.83. The molecule has 1 N–H and O–H groups in total. The standard InChI is InChI=1S/C15H16N2S/c1-16-15(18)17(14-10-6-3-7-11-14)12-13-8-4-2-5-9-13/h2-11H,12H2,1H3,(H,16,18). The maximum atomic E-state index is 5.37. The molecule has 0 aromatic heterocycles. The summed E-state index contributed by atoms with van der Waals surface area (Å²) in [7, 11) is 1.85. The minimum atomic E-state index is 0.727. The lowest BCUT2D eigenvalue weighted by molar-refractivity contribution is 0.973. The Morgan fingerprint density at radius 3 is 2.11 bits per heavy atom. The molecule has 0 saturated carbocycles. The molecule has 0 aliphatic rings. The summed E-state index contributed by atoms with van der Waals surface area (Å²) in [6.07, 6.45) is 0. The fraction of sp³-hybridized carbons (Fsp3) is 0.133. The summed E-state index contributed by atoms with van der Waals surface area (Å²) in [5.74, 6) is 0. The number of para-hydroxylation sites is 1. The molecule has 0 saturated heterocycles. The first-order chi connectivity index (χ1) is 8.81. The molecule has 0 aliphatic heterocycles. The molecule has 0 unspecified atom stereocenters. The monoisotopic (exact) mass is 256 g/mol. The van der Waals surface area contributed by atoms with E-state index in [0.717, 1.165) is 17.3 Å². The van der Waals surface area contributed by atoms with Gasteiger partial charge >= 0.3 is 0 Å². The summed E-state index contributed by atoms with van der Waals surface area (Å²) in [6, 6.07) is 20.5. The van der Waals surface area contributed by atoms with Crippen molar-refractivity contribution in [3.8, 4) is 0 Å². The third-order valence-corrected chi connectivity index (χ3v) is 3.13. The molecule has 0 fully saturated rings. The Morgan fingerprint density at radius 2 is 1.56 bits per heavy atom. The van der Waals surface area contributed by atoms with Gasteiger partial charge in [0.05, 0.1) is 6.54 Å². The maximum Gasteiger partial charge on any atom is 0.173 e. The second kappa shape index (κ2) is 6.17. The lowest BCUT2D eigenvalue weighted by atomic mass is 10.2. The molecule has 2 aromatic carbocycles. The SMILES string of the molecule is CNC(=S)N(Cc1ccccc1)c1ccccc1. The van der Waals surface area contributed by atoms with Crippen LogP contribution in [0.1, 0.15) is 5.56 Å². The van der Waals surface area contributed by atoms with Gasteiger partial charge in [0, 0.05) is 12.7 Å². The third kappa shape index (κ3) is 3.08. The number of nitrogens with zero attached hydrogens (tertiary/aromatic N) is 1. The summed E-state index contributed by atoms with van der Waals surface area (Å²) < 4.78 is 0. The van der Waals surface area contributed by atoms with Crippen LogP contribution in [0.25, 0.3) is 0 Å². The van der Waals surface area contributed by atoms with Gasteiger partial charge in [0.2, 0.25) is 0 Å². The zero-order chi connectivity index (χ0) is 12.8. The van der Waals surface area contributed by atoms with E-state index in [0.29, 0.717) is 0 Å². The second-order valence-electron chi connectivity index (χ2n) is 3.96. The molecule has 0 bridgehead atoms. The van der Waals surface area contributed by atoms with Crippen LogP contribution in [0.5, 0.6) is 0 Å². The van der Waals surface area contributed by atoms with Gasteiger partial charge in [-0.2, -0.15) is 0 Å². The molecule has 2 nitrogen and oxygen atoms in total. The summed E-state index contributed by atoms with van der Waals surface area (Å²) in [5, 5.41) is 3.77. The van der Waals surface area contributed by atoms with Crippen LogP contribution in [-0.4, -0.2) is 12.2 Å². The fourth-order valence-electron chi connectivity index (χ4n) is 1.79. The van der Waals surface area contributed by atoms with Crippen LogP contribution in [0.15, 0.2) is 60.7 Å². The van der Waals surface area contributed by atoms with Crippen LogP contribution in [0.4, 0.5) is 5.69 Å². The smallest absolute Gasteiger partial charge is 0.173 e. The predicted molar refractivity (Wildman–Crippen MR) is 80.7 cm³/mol. The largest absolute Gasteiger partial charge is 0.365 e. The molecule has 0 spiro atoms. The highest BCUT2D eigenvalue weighted by Crippen LogP contribution is 2.16. The second-order valence-corrected chi connectivity index (χ2v) is 4.35. The summed E-state index contributed by atoms with van der Waals surface area (Å²) in [5.41, 5.74) is 2.33. The first-order valence-electron chi connectivity index (χ1n) is 5.89. The van der Waals surface area contributed by atoms with Crippen LogP contribution in [0.2, 0.25) is 0 Å². The molecular formula is C15H16N2S. The lowest BCUT2D eigenvalue weighted by Crippen LogP contribution is -2.37. The average Bonchev–Trinajstić information content (AvgIpc) is 2.46. The highest BCUT2D eigenvalue weighted by molar-refractivity contribution is 7.80. The van der Waals surface area contributed by atoms with Crippen molar-refractivity contribution in [3.63, 3.8) is 0 Å². The van der Waals surface area contributed by atoms with E-state index in [9.17, 15) is 0 Å². The third-order valence-electron chi connectivity index (χ3n) is 2.71. The van der Waals surface area contributed by atoms with Crippen LogP contribution in [0, 0.1) is 0 Å². The Balaban J connectivity index is 2.24. The maximum absolute atomic E-state index is 5.37. The zero-order valence-electron chi connectivity index (χ0n) is 10.3. The Kier molecular flexibility index (Phi) is 4.31. The molecule has 18 heavy (non-hydrogen) atoms. The topological polar surface area (TPSA) is 15.3 Å². The van der Waals surface area contributed by atoms with Crippen molar-refractivity contribution in [3.05, 3.63) is 66.2 Å². The average molecular weight is 256 g/mol. The first-order valence-corrected chi connectivity index (χ1v) is 6.30. The van der Waals surface area contributed by atoms with Crippen molar-refractivity contribution in [2.24, 2.45) is 0 Å². The van der Waals surface area contributed by atoms with Gasteiger partial charge in [-0.05, 0) is 29.9 Å². The van der Waals surface area contributed by atoms with E-state index >= 15 is 0 Å². The molecule has 0 radical (unpaired) electrons. The van der Waals surface area contributed by atoms with E-state index in [4.69, 9.17) is 12.2 Å². The van der Waals surface area contributed by atoms with E-state index in [1.807, 2.05) is 43.4 Å². The van der Waals surface area contributed by atoms with Gasteiger partial charge in [-0.1, -0.05) is 48.5 Å². The van der Waals surface area contributed by atoms with Crippen molar-refractivity contribution >= 4 is 23.0 Å². The van der Waals surface area contributed by atoms with Crippen LogP contribution in [-0.2, 0) is 6.54 Å². The number of anilines is 1.